The number of likely N-dealkylation sites (tertiary alicyclic amines) is 2. The molecule has 2 atom stereocenters. The van der Waals surface area contributed by atoms with Crippen LogP contribution >= 0.6 is 37.2 Å². The van der Waals surface area contributed by atoms with Crippen molar-refractivity contribution in [1.29, 1.82) is 0 Å². The second-order valence-electron chi connectivity index (χ2n) is 26.4. The molecule has 1 aliphatic carbocycles. The van der Waals surface area contributed by atoms with Gasteiger partial charge in [-0.15, -0.1) is 37.2 Å². The number of rotatable bonds is 26. The fourth-order valence-corrected chi connectivity index (χ4v) is 14.0. The van der Waals surface area contributed by atoms with Gasteiger partial charge in [0, 0.05) is 108 Å². The fraction of sp³-hybridized carbons (Fsp3) is 0.453. The molecule has 3 saturated heterocycles. The molecule has 10 rings (SSSR count). The molecule has 5 amide bonds. The van der Waals surface area contributed by atoms with Gasteiger partial charge in [-0.3, -0.25) is 24.5 Å². The number of likely N-dealkylation sites (N-methyl/N-ethyl adjacent to an activating group) is 2. The lowest BCUT2D eigenvalue weighted by atomic mass is 9.72. The highest BCUT2D eigenvalue weighted by Crippen LogP contribution is 2.49. The summed E-state index contributed by atoms with van der Waals surface area (Å²) in [6.45, 7) is 7.27. The molecule has 548 valence electrons. The molecule has 0 unspecified atom stereocenters. The summed E-state index contributed by atoms with van der Waals surface area (Å²) >= 11 is 0. The van der Waals surface area contributed by atoms with Gasteiger partial charge < -0.3 is 48.9 Å². The summed E-state index contributed by atoms with van der Waals surface area (Å²) in [6, 6.07) is 37.6. The number of piperidine rings is 2. The Labute approximate surface area is 604 Å². The Bertz CT molecular complexity index is 3720. The van der Waals surface area contributed by atoms with E-state index >= 15 is 0 Å². The number of carbonyl (C=O) groups is 5. The topological polar surface area (TPSA) is 157 Å². The van der Waals surface area contributed by atoms with E-state index < -0.39 is 64.6 Å². The number of unbranched alkanes of at least 4 members (excludes halogenated alkanes) is 2. The first-order valence-corrected chi connectivity index (χ1v) is 33.7. The van der Waals surface area contributed by atoms with Crippen LogP contribution in [-0.4, -0.2) is 178 Å². The number of anilines is 2. The summed E-state index contributed by atoms with van der Waals surface area (Å²) in [7, 11) is 5.32. The third kappa shape index (κ3) is 20.7. The van der Waals surface area contributed by atoms with Gasteiger partial charge in [-0.25, -0.2) is 9.18 Å². The van der Waals surface area contributed by atoms with Crippen LogP contribution in [0.1, 0.15) is 118 Å². The van der Waals surface area contributed by atoms with Crippen LogP contribution in [0.15, 0.2) is 140 Å². The summed E-state index contributed by atoms with van der Waals surface area (Å²) < 4.78 is 116. The number of aryl methyl sites for hydroxylation is 1. The molecule has 2 N–H and O–H groups in total. The van der Waals surface area contributed by atoms with Gasteiger partial charge in [0.25, 0.3) is 11.8 Å². The van der Waals surface area contributed by atoms with Crippen LogP contribution in [0.5, 0.6) is 0 Å². The molecule has 101 heavy (non-hydrogen) atoms. The van der Waals surface area contributed by atoms with Crippen molar-refractivity contribution < 1.29 is 68.9 Å². The van der Waals surface area contributed by atoms with E-state index in [0.717, 1.165) is 96.7 Å². The molecular weight excluding hydrogens is 1380 g/mol. The standard InChI is InChI=1S/C75H87F7N8O8.3ClH/c1-52-44-55(23-28-64(52)83-34-14-6-9-22-67(91)86(3)42-43-88-37-29-61(30-38-88)98-71(95)84-65-21-13-11-19-62(65)53-16-7-5-8-17-53)69(93)87(4)36-15-35-85(2)68(92)49-96-66-47-54-18-10-12-20-63(54)72(66)31-39-89(40-32-72)41-33-73(57-24-26-60(76)27-25-57)50-90(51-97-73)70(94)56-45-58(74(77,78)79)48-59(46-56)75(80,81)82;;;/h5,7-8,10-13,16-21,23-28,44-46,48,61,66,83H,6,9,14-15,22,29-43,47,49-51H2,1-4H3,(H,84,95);3*1H/t66-,73+;;;/m0.../s1. The van der Waals surface area contributed by atoms with Crippen molar-refractivity contribution in [2.45, 2.75) is 113 Å². The first kappa shape index (κ1) is 80.8. The maximum Gasteiger partial charge on any atom is 0.416 e. The average molecular weight is 1470 g/mol. The normalized spacial score (nSPS) is 17.6. The molecule has 1 spiro atoms. The van der Waals surface area contributed by atoms with Crippen LogP contribution in [0.3, 0.4) is 0 Å². The quantitative estimate of drug-likeness (QED) is 0.0394. The monoisotopic (exact) mass is 1470 g/mol. The number of ether oxygens (including phenoxy) is 3. The minimum atomic E-state index is -5.15. The Kier molecular flexibility index (Phi) is 28.9. The van der Waals surface area contributed by atoms with Crippen LogP contribution in [0, 0.1) is 12.7 Å². The van der Waals surface area contributed by atoms with E-state index in [1.165, 1.54) is 24.3 Å². The third-order valence-corrected chi connectivity index (χ3v) is 19.8. The van der Waals surface area contributed by atoms with Gasteiger partial charge >= 0.3 is 18.4 Å². The number of nitrogens with one attached hydrogen (secondary N) is 2. The van der Waals surface area contributed by atoms with Crippen molar-refractivity contribution in [3.8, 4) is 11.1 Å². The maximum atomic E-state index is 14.2. The van der Waals surface area contributed by atoms with E-state index in [0.29, 0.717) is 100 Å². The van der Waals surface area contributed by atoms with Gasteiger partial charge in [-0.2, -0.15) is 26.3 Å². The number of benzene rings is 6. The minimum absolute atomic E-state index is 0. The number of fused-ring (bicyclic) bond motifs is 2. The Balaban J connectivity index is 0.00000477. The number of hydrogen-bond donors (Lipinski definition) is 2. The van der Waals surface area contributed by atoms with E-state index in [2.05, 4.69) is 32.6 Å². The van der Waals surface area contributed by atoms with E-state index in [1.807, 2.05) is 98.9 Å². The van der Waals surface area contributed by atoms with Crippen LogP contribution < -0.4 is 10.6 Å². The van der Waals surface area contributed by atoms with E-state index in [9.17, 15) is 54.7 Å². The number of nitrogens with zero attached hydrogens (tertiary/aromatic N) is 6. The first-order chi connectivity index (χ1) is 46.9. The van der Waals surface area contributed by atoms with Gasteiger partial charge in [0.1, 0.15) is 30.9 Å². The summed E-state index contributed by atoms with van der Waals surface area (Å²) in [6.07, 6.45) is -4.03. The average Bonchev–Trinajstić information content (AvgIpc) is 1.60. The van der Waals surface area contributed by atoms with Crippen molar-refractivity contribution >= 4 is 78.3 Å². The molecule has 0 bridgehead atoms. The smallest absolute Gasteiger partial charge is 0.416 e. The number of halogens is 10. The van der Waals surface area contributed by atoms with Crippen LogP contribution in [0.2, 0.25) is 0 Å². The van der Waals surface area contributed by atoms with E-state index in [1.54, 1.807) is 28.8 Å². The van der Waals surface area contributed by atoms with Crippen molar-refractivity contribution in [3.63, 3.8) is 0 Å². The molecule has 6 aromatic rings. The number of hydrogen-bond acceptors (Lipinski definition) is 11. The Morgan fingerprint density at radius 1 is 0.644 bits per heavy atom. The summed E-state index contributed by atoms with van der Waals surface area (Å²) in [4.78, 5) is 77.6. The predicted molar refractivity (Wildman–Crippen MR) is 382 cm³/mol. The molecule has 0 radical (unpaired) electrons. The van der Waals surface area contributed by atoms with Gasteiger partial charge in [0.15, 0.2) is 0 Å². The van der Waals surface area contributed by atoms with Crippen LogP contribution in [0.4, 0.5) is 46.9 Å². The molecule has 3 fully saturated rings. The molecule has 0 aromatic heterocycles. The molecule has 0 saturated carbocycles. The molecule has 4 aliphatic rings. The highest BCUT2D eigenvalue weighted by molar-refractivity contribution is 5.96. The highest BCUT2D eigenvalue weighted by atomic mass is 35.5. The van der Waals surface area contributed by atoms with Crippen molar-refractivity contribution in [2.24, 2.45) is 0 Å². The highest BCUT2D eigenvalue weighted by Gasteiger charge is 2.50. The SMILES string of the molecule is Cc1cc(C(=O)N(C)CCCN(C)C(=O)CO[C@H]2Cc3ccccc3C23CCN(CC[C@]2(c4ccc(F)cc4)CN(C(=O)c4cc(C(F)(F)F)cc(C(F)(F)F)c4)CO2)CC3)ccc1NCCCCCC(=O)N(C)CCN1CCC(OC(=O)Nc2ccccc2-c2ccccc2)CC1.Cl.Cl.Cl. The maximum absolute atomic E-state index is 14.2. The Morgan fingerprint density at radius 2 is 1.28 bits per heavy atom. The van der Waals surface area contributed by atoms with E-state index in [4.69, 9.17) is 14.2 Å². The summed E-state index contributed by atoms with van der Waals surface area (Å²) in [5, 5.41) is 6.42. The largest absolute Gasteiger partial charge is 0.446 e. The molecule has 16 nitrogen and oxygen atoms in total. The molecule has 3 heterocycles. The van der Waals surface area contributed by atoms with Crippen molar-refractivity contribution in [2.75, 3.05) is 117 Å². The van der Waals surface area contributed by atoms with Gasteiger partial charge in [0.05, 0.1) is 29.5 Å². The fourth-order valence-electron chi connectivity index (χ4n) is 14.0. The van der Waals surface area contributed by atoms with Crippen LogP contribution in [0.25, 0.3) is 11.1 Å². The van der Waals surface area contributed by atoms with Gasteiger partial charge in [-0.1, -0.05) is 91.3 Å². The molecule has 26 heteroatoms. The molecule has 3 aliphatic heterocycles. The zero-order valence-electron chi connectivity index (χ0n) is 57.2. The lowest BCUT2D eigenvalue weighted by molar-refractivity contribution is -0.143. The lowest BCUT2D eigenvalue weighted by Gasteiger charge is -2.44. The zero-order chi connectivity index (χ0) is 69.8. The summed E-state index contributed by atoms with van der Waals surface area (Å²) in [5.41, 5.74) is 2.18. The number of amides is 5. The minimum Gasteiger partial charge on any atom is -0.446 e. The second-order valence-corrected chi connectivity index (χ2v) is 26.4. The number of alkyl halides is 6. The van der Waals surface area contributed by atoms with Gasteiger partial charge in [0.2, 0.25) is 11.8 Å². The lowest BCUT2D eigenvalue weighted by Crippen LogP contribution is -2.50. The van der Waals surface area contributed by atoms with Crippen LogP contribution in [-0.2, 0) is 53.6 Å². The van der Waals surface area contributed by atoms with Crippen molar-refractivity contribution in [1.82, 2.24) is 29.4 Å². The van der Waals surface area contributed by atoms with Crippen molar-refractivity contribution in [3.05, 3.63) is 190 Å². The summed E-state index contributed by atoms with van der Waals surface area (Å²) in [5.74, 6) is -1.82. The molecule has 6 aromatic carbocycles. The second kappa shape index (κ2) is 36.1. The number of carbonyl (C=O) groups excluding carboxylic acids is 5. The number of para-hydroxylation sites is 1. The Hall–Kier alpha value is -7.51. The first-order valence-electron chi connectivity index (χ1n) is 33.7. The Morgan fingerprint density at radius 3 is 1.96 bits per heavy atom. The van der Waals surface area contributed by atoms with E-state index in [-0.39, 0.29) is 92.8 Å². The predicted octanol–water partition coefficient (Wildman–Crippen LogP) is 14.6. The molecular formula is C75H90Cl3F7N8O8. The zero-order valence-corrected chi connectivity index (χ0v) is 59.7. The van der Waals surface area contributed by atoms with Gasteiger partial charge in [-0.05, 0) is 160 Å². The third-order valence-electron chi connectivity index (χ3n) is 19.8.